The van der Waals surface area contributed by atoms with Crippen molar-refractivity contribution in [1.29, 1.82) is 0 Å². The first-order valence-corrected chi connectivity index (χ1v) is 28.3. The molecule has 0 unspecified atom stereocenters. The second kappa shape index (κ2) is 17.6. The SMILES string of the molecule is CC(C)Cc1cc(-c2[c-]cccc2)nc[c]1[Ge]([CH3])([CH3])[CH3].Cc1ccc2c(n1)oc1c(-c3nc4cc5ccccc5cc4n3-c3c(C(C)C)cccc3C(C)C)[c-]ccc12.[Ir]. The Morgan fingerprint density at radius 2 is 1.42 bits per heavy atom. The zero-order valence-electron chi connectivity index (χ0n) is 36.4. The molecule has 0 N–H and O–H groups in total. The van der Waals surface area contributed by atoms with Gasteiger partial charge in [0.1, 0.15) is 0 Å². The van der Waals surface area contributed by atoms with Crippen LogP contribution in [0.3, 0.4) is 0 Å². The molecule has 5 nitrogen and oxygen atoms in total. The van der Waals surface area contributed by atoms with E-state index in [0.29, 0.717) is 23.5 Å². The molecule has 1 radical (unpaired) electrons. The van der Waals surface area contributed by atoms with E-state index in [1.807, 2.05) is 37.3 Å². The van der Waals surface area contributed by atoms with Crippen LogP contribution in [0.15, 0.2) is 120 Å². The fourth-order valence-electron chi connectivity index (χ4n) is 8.29. The van der Waals surface area contributed by atoms with Crippen molar-refractivity contribution in [2.75, 3.05) is 0 Å². The van der Waals surface area contributed by atoms with Crippen molar-refractivity contribution in [3.05, 3.63) is 150 Å². The maximum Gasteiger partial charge on any atom is 0.216 e. The average Bonchev–Trinajstić information content (AvgIpc) is 3.76. The number of hydrogen-bond acceptors (Lipinski definition) is 4. The second-order valence-electron chi connectivity index (χ2n) is 17.9. The molecule has 307 valence electrons. The monoisotopic (exact) mass is 1030 g/mol. The molecule has 0 aliphatic heterocycles. The Kier molecular flexibility index (Phi) is 12.7. The van der Waals surface area contributed by atoms with Crippen LogP contribution in [0.1, 0.15) is 75.8 Å². The Morgan fingerprint density at radius 1 is 0.717 bits per heavy atom. The van der Waals surface area contributed by atoms with Crippen LogP contribution in [0.2, 0.25) is 17.3 Å². The van der Waals surface area contributed by atoms with Crippen LogP contribution in [-0.2, 0) is 26.5 Å². The zero-order chi connectivity index (χ0) is 41.6. The van der Waals surface area contributed by atoms with Gasteiger partial charge >= 0.3 is 126 Å². The maximum atomic E-state index is 6.44. The number of pyridine rings is 2. The number of fused-ring (bicyclic) bond motifs is 5. The van der Waals surface area contributed by atoms with Gasteiger partial charge < -0.3 is 8.98 Å². The fourth-order valence-corrected chi connectivity index (χ4v) is 11.6. The Labute approximate surface area is 371 Å². The standard InChI is InChI=1S/C35H30N3O.C18H24GeN.Ir/c1-20(2)25-12-8-13-26(21(3)4)32(25)38-31-19-24-11-7-6-10-23(24)18-30(31)37-34(38)29-15-9-14-27-28-17-16-22(5)36-35(28)39-33(27)29;1-14(2)11-16-12-18(15-9-7-6-8-10-15)20-13-17(16)19(3,4)5;/h6-14,16-21H,1-5H3;6-9,12-14H,11H2,1-5H3;/q2*-1;. The maximum absolute atomic E-state index is 6.44. The van der Waals surface area contributed by atoms with Gasteiger partial charge in [0.05, 0.1) is 22.4 Å². The molecule has 9 rings (SSSR count). The number of benzene rings is 5. The van der Waals surface area contributed by atoms with Crippen LogP contribution in [0.4, 0.5) is 0 Å². The molecule has 4 aromatic heterocycles. The van der Waals surface area contributed by atoms with Crippen molar-refractivity contribution in [3.63, 3.8) is 0 Å². The van der Waals surface area contributed by atoms with E-state index >= 15 is 0 Å². The molecular weight excluding hydrogens is 973 g/mol. The van der Waals surface area contributed by atoms with Gasteiger partial charge in [0.25, 0.3) is 0 Å². The minimum atomic E-state index is -1.86. The smallest absolute Gasteiger partial charge is 0.216 e. The van der Waals surface area contributed by atoms with Gasteiger partial charge in [0.15, 0.2) is 0 Å². The summed E-state index contributed by atoms with van der Waals surface area (Å²) in [7, 11) is 0. The molecule has 0 amide bonds. The average molecular weight is 1030 g/mol. The summed E-state index contributed by atoms with van der Waals surface area (Å²) < 4.78 is 10.3. The number of furan rings is 1. The number of aromatic nitrogens is 4. The first-order chi connectivity index (χ1) is 28.3. The number of hydrogen-bond donors (Lipinski definition) is 0. The minimum absolute atomic E-state index is 0. The van der Waals surface area contributed by atoms with Crippen LogP contribution >= 0.6 is 0 Å². The summed E-state index contributed by atoms with van der Waals surface area (Å²) in [6, 6.07) is 45.0. The zero-order valence-corrected chi connectivity index (χ0v) is 40.9. The molecule has 0 aliphatic rings. The quantitative estimate of drug-likeness (QED) is 0.112. The van der Waals surface area contributed by atoms with Crippen molar-refractivity contribution in [1.82, 2.24) is 19.5 Å². The summed E-state index contributed by atoms with van der Waals surface area (Å²) in [4.78, 5) is 14.7. The molecule has 0 saturated heterocycles. The van der Waals surface area contributed by atoms with E-state index in [-0.39, 0.29) is 20.1 Å². The van der Waals surface area contributed by atoms with Crippen molar-refractivity contribution in [2.24, 2.45) is 5.92 Å². The predicted octanol–water partition coefficient (Wildman–Crippen LogP) is 13.8. The van der Waals surface area contributed by atoms with E-state index in [1.54, 1.807) is 4.40 Å². The number of rotatable bonds is 8. The van der Waals surface area contributed by atoms with Gasteiger partial charge in [-0.05, 0) is 64.9 Å². The van der Waals surface area contributed by atoms with Gasteiger partial charge in [0.2, 0.25) is 5.71 Å². The largest absolute Gasteiger partial charge is 0.486 e. The molecule has 4 heterocycles. The third-order valence-corrected chi connectivity index (χ3v) is 15.5. The molecule has 0 aliphatic carbocycles. The summed E-state index contributed by atoms with van der Waals surface area (Å²) in [6.45, 7) is 15.6. The molecule has 0 spiro atoms. The first kappa shape index (κ1) is 43.2. The Hall–Kier alpha value is -4.88. The van der Waals surface area contributed by atoms with Crippen molar-refractivity contribution in [2.45, 2.75) is 84.0 Å². The molecular formula is C53H54GeIrN4O-2. The topological polar surface area (TPSA) is 56.7 Å². The van der Waals surface area contributed by atoms with E-state index in [0.717, 1.165) is 62.1 Å². The summed E-state index contributed by atoms with van der Waals surface area (Å²) in [5.41, 5.74) is 12.6. The van der Waals surface area contributed by atoms with Crippen molar-refractivity contribution in [3.8, 4) is 28.3 Å². The van der Waals surface area contributed by atoms with E-state index in [1.165, 1.54) is 33.2 Å². The van der Waals surface area contributed by atoms with Gasteiger partial charge in [0, 0.05) is 36.9 Å². The molecule has 0 atom stereocenters. The predicted molar refractivity (Wildman–Crippen MR) is 251 cm³/mol. The third kappa shape index (κ3) is 8.52. The van der Waals surface area contributed by atoms with Gasteiger partial charge in [-0.15, -0.1) is 18.2 Å². The van der Waals surface area contributed by atoms with Crippen LogP contribution in [-0.4, -0.2) is 32.8 Å². The summed E-state index contributed by atoms with van der Waals surface area (Å²) in [5, 5.41) is 4.39. The van der Waals surface area contributed by atoms with Gasteiger partial charge in [-0.25, -0.2) is 4.98 Å². The molecule has 9 aromatic rings. The van der Waals surface area contributed by atoms with Crippen molar-refractivity contribution >= 4 is 61.5 Å². The first-order valence-electron chi connectivity index (χ1n) is 21.0. The van der Waals surface area contributed by atoms with Gasteiger partial charge in [-0.3, -0.25) is 4.98 Å². The van der Waals surface area contributed by atoms with Gasteiger partial charge in [-0.1, -0.05) is 81.1 Å². The number of aryl methyl sites for hydroxylation is 1. The normalized spacial score (nSPS) is 11.9. The van der Waals surface area contributed by atoms with Crippen molar-refractivity contribution < 1.29 is 24.5 Å². The molecule has 0 bridgehead atoms. The van der Waals surface area contributed by atoms with Crippen LogP contribution in [0, 0.1) is 25.0 Å². The summed E-state index contributed by atoms with van der Waals surface area (Å²) in [6.07, 6.45) is 3.27. The van der Waals surface area contributed by atoms with Gasteiger partial charge in [-0.2, -0.15) is 0 Å². The van der Waals surface area contributed by atoms with E-state index in [2.05, 4.69) is 166 Å². The number of imidazole rings is 1. The number of para-hydroxylation sites is 1. The van der Waals surface area contributed by atoms with E-state index in [4.69, 9.17) is 14.4 Å². The Balaban J connectivity index is 0.000000220. The van der Waals surface area contributed by atoms with E-state index in [9.17, 15) is 0 Å². The Bertz CT molecular complexity index is 2930. The molecule has 0 fully saturated rings. The summed E-state index contributed by atoms with van der Waals surface area (Å²) >= 11 is -1.86. The Morgan fingerprint density at radius 3 is 2.07 bits per heavy atom. The molecule has 0 saturated carbocycles. The molecule has 60 heavy (non-hydrogen) atoms. The molecule has 5 aromatic carbocycles. The molecule has 7 heteroatoms. The number of nitrogens with zero attached hydrogens (tertiary/aromatic N) is 4. The minimum Gasteiger partial charge on any atom is -0.486 e. The van der Waals surface area contributed by atoms with Crippen LogP contribution in [0.5, 0.6) is 0 Å². The second-order valence-corrected chi connectivity index (χ2v) is 28.5. The van der Waals surface area contributed by atoms with Crippen LogP contribution < -0.4 is 4.40 Å². The van der Waals surface area contributed by atoms with E-state index < -0.39 is 13.3 Å². The summed E-state index contributed by atoms with van der Waals surface area (Å²) in [5.74, 6) is 9.50. The fraction of sp³-hybridized carbons (Fsp3) is 0.264. The van der Waals surface area contributed by atoms with Crippen LogP contribution in [0.25, 0.3) is 72.2 Å². The third-order valence-electron chi connectivity index (χ3n) is 11.2.